The second-order valence-electron chi connectivity index (χ2n) is 6.20. The Bertz CT molecular complexity index is 881. The zero-order valence-electron chi connectivity index (χ0n) is 14.2. The molecule has 1 aliphatic rings. The summed E-state index contributed by atoms with van der Waals surface area (Å²) in [6, 6.07) is 16.2. The fourth-order valence-electron chi connectivity index (χ4n) is 2.99. The number of benzene rings is 2. The Kier molecular flexibility index (Phi) is 5.18. The van der Waals surface area contributed by atoms with E-state index in [1.165, 1.54) is 29.9 Å². The predicted octanol–water partition coefficient (Wildman–Crippen LogP) is 5.51. The number of rotatable bonds is 5. The molecule has 0 saturated carbocycles. The van der Waals surface area contributed by atoms with Crippen LogP contribution in [0.2, 0.25) is 5.02 Å². The van der Waals surface area contributed by atoms with Crippen LogP contribution in [0.15, 0.2) is 59.0 Å². The number of halogens is 1. The molecule has 1 aliphatic heterocycles. The average molecular weight is 383 g/mol. The van der Waals surface area contributed by atoms with Crippen LogP contribution in [-0.2, 0) is 0 Å². The van der Waals surface area contributed by atoms with Crippen LogP contribution in [0.3, 0.4) is 0 Å². The fraction of sp³-hybridized carbons (Fsp3) is 0.200. The van der Waals surface area contributed by atoms with Crippen LogP contribution in [0.25, 0.3) is 11.3 Å². The molecule has 1 fully saturated rings. The minimum absolute atomic E-state index is 0.725. The number of anilines is 2. The Labute approximate surface area is 162 Å². The number of hydrogen-bond acceptors (Lipinski definition) is 5. The maximum Gasteiger partial charge on any atom is 0.203 e. The molecule has 0 amide bonds. The lowest BCUT2D eigenvalue weighted by molar-refractivity contribution is 0.949. The van der Waals surface area contributed by atoms with Crippen LogP contribution < -0.4 is 10.3 Å². The first-order chi connectivity index (χ1) is 12.8. The Hall–Kier alpha value is -2.37. The molecular formula is C20H19ClN4S. The maximum atomic E-state index is 5.93. The van der Waals surface area contributed by atoms with E-state index in [2.05, 4.69) is 44.7 Å². The standard InChI is InChI=1S/C20H19ClN4S/c21-17-7-5-16(6-8-17)19-14-26-20(23-19)24-22-13-15-3-9-18(10-4-15)25-11-1-2-12-25/h3-10,13-14H,1-2,11-12H2,(H,23,24)/b22-13+. The van der Waals surface area contributed by atoms with Gasteiger partial charge in [0, 0.05) is 34.7 Å². The lowest BCUT2D eigenvalue weighted by atomic mass is 10.2. The van der Waals surface area contributed by atoms with Crippen molar-refractivity contribution in [2.75, 3.05) is 23.4 Å². The first-order valence-corrected chi connectivity index (χ1v) is 9.89. The molecule has 4 rings (SSSR count). The predicted molar refractivity (Wildman–Crippen MR) is 112 cm³/mol. The molecular weight excluding hydrogens is 364 g/mol. The average Bonchev–Trinajstić information content (AvgIpc) is 3.35. The molecule has 6 heteroatoms. The van der Waals surface area contributed by atoms with E-state index in [4.69, 9.17) is 11.6 Å². The topological polar surface area (TPSA) is 40.5 Å². The second-order valence-corrected chi connectivity index (χ2v) is 7.50. The minimum Gasteiger partial charge on any atom is -0.372 e. The van der Waals surface area contributed by atoms with Gasteiger partial charge < -0.3 is 4.90 Å². The highest BCUT2D eigenvalue weighted by Gasteiger charge is 2.11. The molecule has 0 spiro atoms. The van der Waals surface area contributed by atoms with Crippen LogP contribution in [-0.4, -0.2) is 24.3 Å². The van der Waals surface area contributed by atoms with Gasteiger partial charge in [0.05, 0.1) is 11.9 Å². The van der Waals surface area contributed by atoms with Gasteiger partial charge in [0.2, 0.25) is 5.13 Å². The van der Waals surface area contributed by atoms with E-state index in [1.54, 1.807) is 0 Å². The highest BCUT2D eigenvalue weighted by molar-refractivity contribution is 7.14. The van der Waals surface area contributed by atoms with Crippen molar-refractivity contribution in [3.05, 3.63) is 64.5 Å². The number of aromatic nitrogens is 1. The molecule has 1 aromatic heterocycles. The molecule has 2 heterocycles. The molecule has 3 aromatic rings. The number of hydrazone groups is 1. The van der Waals surface area contributed by atoms with Gasteiger partial charge in [0.1, 0.15) is 0 Å². The van der Waals surface area contributed by atoms with Crippen LogP contribution >= 0.6 is 22.9 Å². The Balaban J connectivity index is 1.37. The molecule has 1 saturated heterocycles. The minimum atomic E-state index is 0.725. The molecule has 132 valence electrons. The van der Waals surface area contributed by atoms with Crippen LogP contribution in [0.5, 0.6) is 0 Å². The number of hydrogen-bond donors (Lipinski definition) is 1. The molecule has 0 atom stereocenters. The molecule has 4 nitrogen and oxygen atoms in total. The van der Waals surface area contributed by atoms with Gasteiger partial charge in [-0.05, 0) is 42.7 Å². The zero-order chi connectivity index (χ0) is 17.8. The maximum absolute atomic E-state index is 5.93. The zero-order valence-corrected chi connectivity index (χ0v) is 15.8. The van der Waals surface area contributed by atoms with Crippen molar-refractivity contribution < 1.29 is 0 Å². The molecule has 2 aromatic carbocycles. The van der Waals surface area contributed by atoms with Crippen molar-refractivity contribution in [3.8, 4) is 11.3 Å². The summed E-state index contributed by atoms with van der Waals surface area (Å²) in [6.07, 6.45) is 4.40. The molecule has 0 radical (unpaired) electrons. The van der Waals surface area contributed by atoms with E-state index in [1.807, 2.05) is 35.9 Å². The lowest BCUT2D eigenvalue weighted by Gasteiger charge is -2.17. The third-order valence-electron chi connectivity index (χ3n) is 4.38. The Morgan fingerprint density at radius 1 is 1.04 bits per heavy atom. The molecule has 0 bridgehead atoms. The van der Waals surface area contributed by atoms with Gasteiger partial charge in [-0.3, -0.25) is 5.43 Å². The van der Waals surface area contributed by atoms with Crippen molar-refractivity contribution in [2.45, 2.75) is 12.8 Å². The summed E-state index contributed by atoms with van der Waals surface area (Å²) in [5, 5.41) is 7.79. The highest BCUT2D eigenvalue weighted by atomic mass is 35.5. The third-order valence-corrected chi connectivity index (χ3v) is 5.38. The largest absolute Gasteiger partial charge is 0.372 e. The monoisotopic (exact) mass is 382 g/mol. The summed E-state index contributed by atoms with van der Waals surface area (Å²) in [4.78, 5) is 6.98. The summed E-state index contributed by atoms with van der Waals surface area (Å²) in [7, 11) is 0. The van der Waals surface area contributed by atoms with Gasteiger partial charge in [0.25, 0.3) is 0 Å². The van der Waals surface area contributed by atoms with E-state index in [0.717, 1.165) is 40.1 Å². The van der Waals surface area contributed by atoms with E-state index < -0.39 is 0 Å². The van der Waals surface area contributed by atoms with Crippen molar-refractivity contribution in [2.24, 2.45) is 5.10 Å². The number of nitrogens with zero attached hydrogens (tertiary/aromatic N) is 3. The van der Waals surface area contributed by atoms with Gasteiger partial charge in [-0.25, -0.2) is 4.98 Å². The van der Waals surface area contributed by atoms with Crippen molar-refractivity contribution in [1.29, 1.82) is 0 Å². The van der Waals surface area contributed by atoms with Gasteiger partial charge in [-0.15, -0.1) is 11.3 Å². The molecule has 1 N–H and O–H groups in total. The summed E-state index contributed by atoms with van der Waals surface area (Å²) in [5.41, 5.74) is 7.32. The van der Waals surface area contributed by atoms with E-state index in [-0.39, 0.29) is 0 Å². The first kappa shape index (κ1) is 17.1. The highest BCUT2D eigenvalue weighted by Crippen LogP contribution is 2.26. The Morgan fingerprint density at radius 3 is 2.50 bits per heavy atom. The van der Waals surface area contributed by atoms with Crippen LogP contribution in [0, 0.1) is 0 Å². The second kappa shape index (κ2) is 7.89. The number of thiazole rings is 1. The lowest BCUT2D eigenvalue weighted by Crippen LogP contribution is -2.17. The molecule has 0 aliphatic carbocycles. The summed E-state index contributed by atoms with van der Waals surface area (Å²) in [6.45, 7) is 2.32. The number of nitrogens with one attached hydrogen (secondary N) is 1. The summed E-state index contributed by atoms with van der Waals surface area (Å²) in [5.74, 6) is 0. The van der Waals surface area contributed by atoms with Crippen LogP contribution in [0.1, 0.15) is 18.4 Å². The van der Waals surface area contributed by atoms with Gasteiger partial charge in [-0.2, -0.15) is 5.10 Å². The van der Waals surface area contributed by atoms with E-state index >= 15 is 0 Å². The first-order valence-electron chi connectivity index (χ1n) is 8.63. The summed E-state index contributed by atoms with van der Waals surface area (Å²) >= 11 is 7.45. The SMILES string of the molecule is Clc1ccc(-c2csc(N/N=C/c3ccc(N4CCCC4)cc3)n2)cc1. The Morgan fingerprint density at radius 2 is 1.77 bits per heavy atom. The van der Waals surface area contributed by atoms with Crippen molar-refractivity contribution >= 4 is 40.0 Å². The summed E-state index contributed by atoms with van der Waals surface area (Å²) < 4.78 is 0. The quantitative estimate of drug-likeness (QED) is 0.467. The van der Waals surface area contributed by atoms with Crippen LogP contribution in [0.4, 0.5) is 10.8 Å². The van der Waals surface area contributed by atoms with E-state index in [9.17, 15) is 0 Å². The third kappa shape index (κ3) is 4.06. The fourth-order valence-corrected chi connectivity index (χ4v) is 3.78. The smallest absolute Gasteiger partial charge is 0.203 e. The molecule has 26 heavy (non-hydrogen) atoms. The van der Waals surface area contributed by atoms with Gasteiger partial charge >= 0.3 is 0 Å². The normalized spacial score (nSPS) is 14.3. The van der Waals surface area contributed by atoms with E-state index in [0.29, 0.717) is 0 Å². The van der Waals surface area contributed by atoms with Crippen molar-refractivity contribution in [3.63, 3.8) is 0 Å². The molecule has 0 unspecified atom stereocenters. The van der Waals surface area contributed by atoms with Gasteiger partial charge in [-0.1, -0.05) is 35.9 Å². The van der Waals surface area contributed by atoms with Crippen molar-refractivity contribution in [1.82, 2.24) is 4.98 Å². The van der Waals surface area contributed by atoms with Gasteiger partial charge in [0.15, 0.2) is 0 Å².